The molecular weight excluding hydrogens is 223 g/mol. The summed E-state index contributed by atoms with van der Waals surface area (Å²) in [7, 11) is 1.80. The summed E-state index contributed by atoms with van der Waals surface area (Å²) >= 11 is 0. The molecule has 5 heteroatoms. The molecule has 17 heavy (non-hydrogen) atoms. The van der Waals surface area contributed by atoms with Crippen molar-refractivity contribution in [3.05, 3.63) is 30.1 Å². The number of rotatable bonds is 3. The molecule has 4 nitrogen and oxygen atoms in total. The summed E-state index contributed by atoms with van der Waals surface area (Å²) in [6, 6.07) is 5.94. The number of anilines is 1. The van der Waals surface area contributed by atoms with Gasteiger partial charge in [-0.25, -0.2) is 9.18 Å². The normalized spacial score (nSPS) is 23.9. The minimum absolute atomic E-state index is 0.363. The van der Waals surface area contributed by atoms with Gasteiger partial charge in [0, 0.05) is 6.54 Å². The predicted octanol–water partition coefficient (Wildman–Crippen LogP) is 1.76. The number of benzene rings is 1. The Bertz CT molecular complexity index is 438. The Morgan fingerprint density at radius 2 is 2.35 bits per heavy atom. The van der Waals surface area contributed by atoms with Crippen molar-refractivity contribution in [2.45, 2.75) is 12.5 Å². The average Bonchev–Trinajstić information content (AvgIpc) is 2.55. The first kappa shape index (κ1) is 11.9. The summed E-state index contributed by atoms with van der Waals surface area (Å²) < 4.78 is 18.4. The zero-order chi connectivity index (χ0) is 12.5. The lowest BCUT2D eigenvalue weighted by molar-refractivity contribution is 0.0734. The van der Waals surface area contributed by atoms with Crippen molar-refractivity contribution < 1.29 is 13.9 Å². The second kappa shape index (κ2) is 4.33. The molecule has 1 heterocycles. The third-order valence-electron chi connectivity index (χ3n) is 2.72. The van der Waals surface area contributed by atoms with Gasteiger partial charge in [0.1, 0.15) is 11.4 Å². The lowest BCUT2D eigenvalue weighted by atomic mass is 10.1. The van der Waals surface area contributed by atoms with E-state index in [2.05, 4.69) is 5.32 Å². The first-order valence-electron chi connectivity index (χ1n) is 5.45. The molecule has 1 N–H and O–H groups in total. The summed E-state index contributed by atoms with van der Waals surface area (Å²) in [5.74, 6) is -0.363. The largest absolute Gasteiger partial charge is 0.440 e. The van der Waals surface area contributed by atoms with Crippen LogP contribution in [0.25, 0.3) is 0 Å². The summed E-state index contributed by atoms with van der Waals surface area (Å²) in [6.45, 7) is 2.82. The maximum atomic E-state index is 13.1. The molecule has 1 aliphatic heterocycles. The number of nitrogens with one attached hydrogen (secondary N) is 1. The Morgan fingerprint density at radius 1 is 1.59 bits per heavy atom. The van der Waals surface area contributed by atoms with Crippen LogP contribution in [0.5, 0.6) is 0 Å². The Morgan fingerprint density at radius 3 is 3.00 bits per heavy atom. The van der Waals surface area contributed by atoms with E-state index in [1.807, 2.05) is 6.92 Å². The quantitative estimate of drug-likeness (QED) is 0.872. The van der Waals surface area contributed by atoms with Crippen molar-refractivity contribution in [1.29, 1.82) is 0 Å². The Kier molecular flexibility index (Phi) is 3.02. The summed E-state index contributed by atoms with van der Waals surface area (Å²) in [5.41, 5.74) is -0.0483. The van der Waals surface area contributed by atoms with Crippen molar-refractivity contribution in [2.75, 3.05) is 25.0 Å². The number of likely N-dealkylation sites (N-methyl/N-ethyl adjacent to an activating group) is 1. The number of ether oxygens (including phenoxy) is 1. The van der Waals surface area contributed by atoms with E-state index < -0.39 is 11.7 Å². The fourth-order valence-electron chi connectivity index (χ4n) is 2.00. The highest BCUT2D eigenvalue weighted by molar-refractivity contribution is 5.90. The highest BCUT2D eigenvalue weighted by Gasteiger charge is 2.41. The molecule has 1 unspecified atom stereocenters. The van der Waals surface area contributed by atoms with Gasteiger partial charge in [0.05, 0.1) is 12.2 Å². The van der Waals surface area contributed by atoms with Crippen LogP contribution in [-0.2, 0) is 4.74 Å². The van der Waals surface area contributed by atoms with Gasteiger partial charge in [-0.3, -0.25) is 4.90 Å². The van der Waals surface area contributed by atoms with Crippen LogP contribution in [0.2, 0.25) is 0 Å². The Labute approximate surface area is 99.4 Å². The van der Waals surface area contributed by atoms with E-state index in [0.717, 1.165) is 0 Å². The van der Waals surface area contributed by atoms with Gasteiger partial charge in [0.2, 0.25) is 0 Å². The monoisotopic (exact) mass is 238 g/mol. The van der Waals surface area contributed by atoms with Gasteiger partial charge in [0.15, 0.2) is 0 Å². The maximum Gasteiger partial charge on any atom is 0.415 e. The minimum Gasteiger partial charge on any atom is -0.440 e. The van der Waals surface area contributed by atoms with Crippen molar-refractivity contribution in [3.8, 4) is 0 Å². The molecule has 92 valence electrons. The van der Waals surface area contributed by atoms with Gasteiger partial charge in [-0.15, -0.1) is 0 Å². The summed E-state index contributed by atoms with van der Waals surface area (Å²) in [5, 5.41) is 2.98. The summed E-state index contributed by atoms with van der Waals surface area (Å²) in [6.07, 6.45) is -0.437. The van der Waals surface area contributed by atoms with E-state index in [4.69, 9.17) is 4.74 Å². The number of hydrogen-bond acceptors (Lipinski definition) is 3. The number of nitrogens with zero attached hydrogens (tertiary/aromatic N) is 1. The fraction of sp³-hybridized carbons (Fsp3) is 0.417. The Hall–Kier alpha value is -1.62. The zero-order valence-electron chi connectivity index (χ0n) is 9.87. The molecule has 1 amide bonds. The van der Waals surface area contributed by atoms with Crippen LogP contribution in [0.3, 0.4) is 0 Å². The number of carbonyl (C=O) groups excluding carboxylic acids is 1. The topological polar surface area (TPSA) is 41.6 Å². The molecule has 1 fully saturated rings. The van der Waals surface area contributed by atoms with Gasteiger partial charge >= 0.3 is 6.09 Å². The molecule has 0 aromatic heterocycles. The fourth-order valence-corrected chi connectivity index (χ4v) is 2.00. The van der Waals surface area contributed by atoms with E-state index in [0.29, 0.717) is 18.8 Å². The number of hydrogen-bond donors (Lipinski definition) is 1. The van der Waals surface area contributed by atoms with Crippen molar-refractivity contribution in [1.82, 2.24) is 5.32 Å². The molecule has 1 saturated heterocycles. The molecule has 0 saturated carbocycles. The van der Waals surface area contributed by atoms with Crippen LogP contribution in [0, 0.1) is 5.82 Å². The van der Waals surface area contributed by atoms with Crippen LogP contribution >= 0.6 is 0 Å². The number of amides is 1. The standard InChI is InChI=1S/C12H15FN2O2/c1-12(7-14-2)8-15(11(16)17-12)10-5-3-4-9(13)6-10/h3-6,14H,7-8H2,1-2H3. The lowest BCUT2D eigenvalue weighted by Crippen LogP contribution is -2.40. The van der Waals surface area contributed by atoms with E-state index in [-0.39, 0.29) is 5.82 Å². The van der Waals surface area contributed by atoms with E-state index >= 15 is 0 Å². The molecule has 1 aliphatic rings. The number of cyclic esters (lactones) is 1. The Balaban J connectivity index is 2.21. The van der Waals surface area contributed by atoms with Crippen molar-refractivity contribution in [3.63, 3.8) is 0 Å². The molecule has 0 radical (unpaired) electrons. The second-order valence-electron chi connectivity index (χ2n) is 4.41. The summed E-state index contributed by atoms with van der Waals surface area (Å²) in [4.78, 5) is 13.2. The van der Waals surface area contributed by atoms with Crippen LogP contribution in [0.4, 0.5) is 14.9 Å². The zero-order valence-corrected chi connectivity index (χ0v) is 9.87. The van der Waals surface area contributed by atoms with Gasteiger partial charge in [-0.05, 0) is 32.2 Å². The molecule has 1 atom stereocenters. The molecule has 0 aliphatic carbocycles. The minimum atomic E-state index is -0.571. The first-order chi connectivity index (χ1) is 8.04. The molecule has 2 rings (SSSR count). The third kappa shape index (κ3) is 2.39. The predicted molar refractivity (Wildman–Crippen MR) is 62.6 cm³/mol. The highest BCUT2D eigenvalue weighted by atomic mass is 19.1. The van der Waals surface area contributed by atoms with Crippen molar-refractivity contribution >= 4 is 11.8 Å². The van der Waals surface area contributed by atoms with Crippen LogP contribution in [0.15, 0.2) is 24.3 Å². The van der Waals surface area contributed by atoms with Crippen LogP contribution in [-0.4, -0.2) is 31.8 Å². The highest BCUT2D eigenvalue weighted by Crippen LogP contribution is 2.27. The number of carbonyl (C=O) groups is 1. The maximum absolute atomic E-state index is 13.1. The van der Waals surface area contributed by atoms with Crippen molar-refractivity contribution in [2.24, 2.45) is 0 Å². The van der Waals surface area contributed by atoms with Gasteiger partial charge < -0.3 is 10.1 Å². The molecule has 0 bridgehead atoms. The molecule has 1 aromatic rings. The molecular formula is C12H15FN2O2. The van der Waals surface area contributed by atoms with Gasteiger partial charge in [0.25, 0.3) is 0 Å². The molecule has 0 spiro atoms. The van der Waals surface area contributed by atoms with Crippen LogP contribution < -0.4 is 10.2 Å². The van der Waals surface area contributed by atoms with Gasteiger partial charge in [-0.1, -0.05) is 6.07 Å². The van der Waals surface area contributed by atoms with Crippen LogP contribution in [0.1, 0.15) is 6.92 Å². The van der Waals surface area contributed by atoms with E-state index in [1.165, 1.54) is 17.0 Å². The average molecular weight is 238 g/mol. The first-order valence-corrected chi connectivity index (χ1v) is 5.45. The number of halogens is 1. The second-order valence-corrected chi connectivity index (χ2v) is 4.41. The lowest BCUT2D eigenvalue weighted by Gasteiger charge is -2.21. The molecule has 1 aromatic carbocycles. The van der Waals surface area contributed by atoms with Gasteiger partial charge in [-0.2, -0.15) is 0 Å². The third-order valence-corrected chi connectivity index (χ3v) is 2.72. The van der Waals surface area contributed by atoms with E-state index in [1.54, 1.807) is 19.2 Å². The smallest absolute Gasteiger partial charge is 0.415 e. The van der Waals surface area contributed by atoms with E-state index in [9.17, 15) is 9.18 Å². The SMILES string of the molecule is CNCC1(C)CN(c2cccc(F)c2)C(=O)O1.